The predicted molar refractivity (Wildman–Crippen MR) is 77.1 cm³/mol. The van der Waals surface area contributed by atoms with E-state index in [4.69, 9.17) is 5.73 Å². The lowest BCUT2D eigenvalue weighted by Crippen LogP contribution is -2.41. The number of hydrogen-bond acceptors (Lipinski definition) is 4. The van der Waals surface area contributed by atoms with Crippen LogP contribution in [0, 0.1) is 0 Å². The van der Waals surface area contributed by atoms with Gasteiger partial charge in [-0.05, 0) is 29.3 Å². The summed E-state index contributed by atoms with van der Waals surface area (Å²) in [6.07, 6.45) is 1.31. The molecule has 2 rings (SSSR count). The monoisotopic (exact) mass is 358 g/mol. The Hall–Kier alpha value is -1.57. The van der Waals surface area contributed by atoms with Crippen LogP contribution in [0.4, 0.5) is 8.78 Å². The quantitative estimate of drug-likeness (QED) is 0.861. The number of aromatic nitrogens is 1. The van der Waals surface area contributed by atoms with E-state index in [-0.39, 0.29) is 12.5 Å². The molecule has 0 fully saturated rings. The largest absolute Gasteiger partial charge is 0.417 e. The molecule has 0 saturated heterocycles. The lowest BCUT2D eigenvalue weighted by atomic mass is 9.85. The number of hydrogen-bond donors (Lipinski definition) is 2. The van der Waals surface area contributed by atoms with Gasteiger partial charge in [0.25, 0.3) is 0 Å². The molecule has 0 amide bonds. The van der Waals surface area contributed by atoms with Crippen LogP contribution in [0.25, 0.3) is 0 Å². The summed E-state index contributed by atoms with van der Waals surface area (Å²) in [6.45, 7) is -3.30. The summed E-state index contributed by atoms with van der Waals surface area (Å²) in [5.41, 5.74) is 6.24. The van der Waals surface area contributed by atoms with Crippen molar-refractivity contribution >= 4 is 15.9 Å². The molecule has 0 saturated carbocycles. The molecule has 1 aromatic carbocycles. The number of halogens is 3. The Bertz CT molecular complexity index is 610. The van der Waals surface area contributed by atoms with E-state index in [0.29, 0.717) is 11.1 Å². The molecule has 7 heteroatoms. The maximum absolute atomic E-state index is 12.1. The first kappa shape index (κ1) is 15.8. The highest BCUT2D eigenvalue weighted by Crippen LogP contribution is 2.29. The Kier molecular flexibility index (Phi) is 4.87. The summed E-state index contributed by atoms with van der Waals surface area (Å²) in [5, 5.41) is 9.68. The van der Waals surface area contributed by atoms with Gasteiger partial charge in [-0.3, -0.25) is 0 Å². The van der Waals surface area contributed by atoms with Crippen molar-refractivity contribution < 1.29 is 18.6 Å². The van der Waals surface area contributed by atoms with Gasteiger partial charge in [0, 0.05) is 16.7 Å². The lowest BCUT2D eigenvalue weighted by molar-refractivity contribution is -0.0528. The van der Waals surface area contributed by atoms with Gasteiger partial charge in [-0.25, -0.2) is 4.98 Å². The second-order valence-corrected chi connectivity index (χ2v) is 5.32. The van der Waals surface area contributed by atoms with E-state index in [1.807, 2.05) is 6.07 Å². The van der Waals surface area contributed by atoms with Crippen LogP contribution >= 0.6 is 15.9 Å². The predicted octanol–water partition coefficient (Wildman–Crippen LogP) is 2.64. The van der Waals surface area contributed by atoms with Gasteiger partial charge in [-0.15, -0.1) is 0 Å². The highest BCUT2D eigenvalue weighted by atomic mass is 79.9. The first-order valence-electron chi connectivity index (χ1n) is 6.03. The molecule has 2 aromatic rings. The van der Waals surface area contributed by atoms with Crippen LogP contribution in [-0.2, 0) is 5.54 Å². The third kappa shape index (κ3) is 3.55. The number of aliphatic hydroxyl groups is 1. The summed E-state index contributed by atoms with van der Waals surface area (Å²) in [4.78, 5) is 3.78. The molecule has 0 radical (unpaired) electrons. The van der Waals surface area contributed by atoms with Gasteiger partial charge in [0.15, 0.2) is 0 Å². The van der Waals surface area contributed by atoms with Crippen molar-refractivity contribution in [1.82, 2.24) is 4.98 Å². The Morgan fingerprint density at radius 3 is 2.57 bits per heavy atom. The highest BCUT2D eigenvalue weighted by Gasteiger charge is 2.29. The van der Waals surface area contributed by atoms with Crippen molar-refractivity contribution in [3.05, 3.63) is 58.2 Å². The van der Waals surface area contributed by atoms with Crippen LogP contribution in [0.5, 0.6) is 5.88 Å². The Morgan fingerprint density at radius 1 is 1.29 bits per heavy atom. The molecule has 3 N–H and O–H groups in total. The van der Waals surface area contributed by atoms with Gasteiger partial charge in [0.05, 0.1) is 12.1 Å². The van der Waals surface area contributed by atoms with Crippen molar-refractivity contribution in [3.8, 4) is 5.88 Å². The van der Waals surface area contributed by atoms with Crippen molar-refractivity contribution in [2.75, 3.05) is 6.61 Å². The fourth-order valence-electron chi connectivity index (χ4n) is 1.92. The number of alkyl halides is 2. The van der Waals surface area contributed by atoms with E-state index in [1.165, 1.54) is 18.3 Å². The molecule has 112 valence electrons. The fourth-order valence-corrected chi connectivity index (χ4v) is 2.32. The summed E-state index contributed by atoms with van der Waals surface area (Å²) in [6, 6.07) is 9.96. The van der Waals surface area contributed by atoms with E-state index >= 15 is 0 Å². The first-order valence-corrected chi connectivity index (χ1v) is 6.82. The van der Waals surface area contributed by atoms with Crippen LogP contribution in [0.15, 0.2) is 47.1 Å². The zero-order chi connectivity index (χ0) is 15.5. The molecule has 1 aromatic heterocycles. The van der Waals surface area contributed by atoms with Crippen LogP contribution in [0.3, 0.4) is 0 Å². The third-order valence-electron chi connectivity index (χ3n) is 3.05. The molecule has 0 aliphatic heterocycles. The lowest BCUT2D eigenvalue weighted by Gasteiger charge is -2.28. The number of rotatable bonds is 5. The fraction of sp³-hybridized carbons (Fsp3) is 0.214. The minimum absolute atomic E-state index is 0.205. The van der Waals surface area contributed by atoms with E-state index in [2.05, 4.69) is 25.7 Å². The molecule has 0 aliphatic carbocycles. The van der Waals surface area contributed by atoms with Crippen molar-refractivity contribution in [2.24, 2.45) is 5.73 Å². The molecule has 4 nitrogen and oxygen atoms in total. The molecular formula is C14H13BrF2N2O2. The van der Waals surface area contributed by atoms with Crippen LogP contribution < -0.4 is 10.5 Å². The summed E-state index contributed by atoms with van der Waals surface area (Å²) in [7, 11) is 0. The van der Waals surface area contributed by atoms with E-state index in [0.717, 1.165) is 4.47 Å². The molecule has 1 unspecified atom stereocenters. The van der Waals surface area contributed by atoms with E-state index in [1.54, 1.807) is 18.2 Å². The molecule has 1 heterocycles. The standard InChI is InChI=1S/C14H13BrF2N2O2/c15-11-3-1-2-9(6-11)14(18,8-20)10-4-5-12(19-7-10)21-13(16)17/h1-7,13,20H,8,18H2. The molecule has 0 aliphatic rings. The second kappa shape index (κ2) is 6.46. The van der Waals surface area contributed by atoms with Gasteiger partial charge < -0.3 is 15.6 Å². The van der Waals surface area contributed by atoms with E-state index < -0.39 is 12.2 Å². The van der Waals surface area contributed by atoms with Gasteiger partial charge in [0.1, 0.15) is 0 Å². The number of pyridine rings is 1. The Labute approximate surface area is 128 Å². The SMILES string of the molecule is NC(CO)(c1ccc(OC(F)F)nc1)c1cccc(Br)c1. The number of nitrogens with zero attached hydrogens (tertiary/aromatic N) is 1. The maximum atomic E-state index is 12.1. The van der Waals surface area contributed by atoms with E-state index in [9.17, 15) is 13.9 Å². The molecular weight excluding hydrogens is 346 g/mol. The Balaban J connectivity index is 2.36. The van der Waals surface area contributed by atoms with Crippen molar-refractivity contribution in [3.63, 3.8) is 0 Å². The van der Waals surface area contributed by atoms with Crippen LogP contribution in [0.2, 0.25) is 0 Å². The average Bonchev–Trinajstić information content (AvgIpc) is 2.46. The summed E-state index contributed by atoms with van der Waals surface area (Å²) in [5.74, 6) is -0.205. The number of nitrogens with two attached hydrogens (primary N) is 1. The number of ether oxygens (including phenoxy) is 1. The topological polar surface area (TPSA) is 68.4 Å². The van der Waals surface area contributed by atoms with Gasteiger partial charge in [-0.2, -0.15) is 8.78 Å². The third-order valence-corrected chi connectivity index (χ3v) is 3.54. The first-order chi connectivity index (χ1) is 9.95. The minimum Gasteiger partial charge on any atom is -0.417 e. The molecule has 1 atom stereocenters. The van der Waals surface area contributed by atoms with Gasteiger partial charge in [0.2, 0.25) is 5.88 Å². The zero-order valence-electron chi connectivity index (χ0n) is 10.8. The zero-order valence-corrected chi connectivity index (χ0v) is 12.4. The molecule has 21 heavy (non-hydrogen) atoms. The minimum atomic E-state index is -2.94. The number of aliphatic hydroxyl groups excluding tert-OH is 1. The van der Waals surface area contributed by atoms with Gasteiger partial charge in [-0.1, -0.05) is 28.1 Å². The highest BCUT2D eigenvalue weighted by molar-refractivity contribution is 9.10. The van der Waals surface area contributed by atoms with Crippen LogP contribution in [0.1, 0.15) is 11.1 Å². The Morgan fingerprint density at radius 2 is 2.05 bits per heavy atom. The maximum Gasteiger partial charge on any atom is 0.388 e. The smallest absolute Gasteiger partial charge is 0.388 e. The second-order valence-electron chi connectivity index (χ2n) is 4.40. The number of benzene rings is 1. The average molecular weight is 359 g/mol. The van der Waals surface area contributed by atoms with Crippen molar-refractivity contribution in [2.45, 2.75) is 12.2 Å². The summed E-state index contributed by atoms with van der Waals surface area (Å²) >= 11 is 3.34. The normalized spacial score (nSPS) is 14.0. The summed E-state index contributed by atoms with van der Waals surface area (Å²) < 4.78 is 29.2. The molecule has 0 spiro atoms. The van der Waals surface area contributed by atoms with Gasteiger partial charge >= 0.3 is 6.61 Å². The van der Waals surface area contributed by atoms with Crippen molar-refractivity contribution in [1.29, 1.82) is 0 Å². The van der Waals surface area contributed by atoms with Crippen LogP contribution in [-0.4, -0.2) is 23.3 Å². The molecule has 0 bridgehead atoms.